The first-order valence-electron chi connectivity index (χ1n) is 5.61. The Morgan fingerprint density at radius 1 is 1.56 bits per heavy atom. The molecule has 1 saturated heterocycles. The number of hydrogen-bond acceptors (Lipinski definition) is 4. The molecule has 0 bridgehead atoms. The van der Waals surface area contributed by atoms with E-state index in [1.165, 1.54) is 19.3 Å². The maximum Gasteiger partial charge on any atom is 0.189 e. The van der Waals surface area contributed by atoms with Crippen LogP contribution in [0.5, 0.6) is 0 Å². The maximum atomic E-state index is 5.96. The zero-order valence-corrected chi connectivity index (χ0v) is 10.9. The lowest BCUT2D eigenvalue weighted by atomic mass is 10.1. The SMILES string of the molecule is Cc1cnc(SC[C@H]2CCCCN2)nc1Cl. The molecule has 0 spiro atoms. The predicted octanol–water partition coefficient (Wildman–Crippen LogP) is 2.67. The van der Waals surface area contributed by atoms with Gasteiger partial charge in [-0.15, -0.1) is 0 Å². The van der Waals surface area contributed by atoms with E-state index in [-0.39, 0.29) is 0 Å². The van der Waals surface area contributed by atoms with Crippen LogP contribution in [-0.4, -0.2) is 28.3 Å². The van der Waals surface area contributed by atoms with Crippen molar-refractivity contribution in [3.05, 3.63) is 16.9 Å². The summed E-state index contributed by atoms with van der Waals surface area (Å²) in [7, 11) is 0. The van der Waals surface area contributed by atoms with Crippen LogP contribution >= 0.6 is 23.4 Å². The van der Waals surface area contributed by atoms with E-state index >= 15 is 0 Å². The fourth-order valence-electron chi connectivity index (χ4n) is 1.72. The number of hydrogen-bond donors (Lipinski definition) is 1. The van der Waals surface area contributed by atoms with Gasteiger partial charge in [-0.25, -0.2) is 9.97 Å². The van der Waals surface area contributed by atoms with Crippen LogP contribution in [0.3, 0.4) is 0 Å². The summed E-state index contributed by atoms with van der Waals surface area (Å²) in [5, 5.41) is 4.85. The van der Waals surface area contributed by atoms with Crippen molar-refractivity contribution >= 4 is 23.4 Å². The molecule has 3 nitrogen and oxygen atoms in total. The molecule has 2 heterocycles. The van der Waals surface area contributed by atoms with Crippen molar-refractivity contribution < 1.29 is 0 Å². The van der Waals surface area contributed by atoms with Crippen LogP contribution in [0.15, 0.2) is 11.4 Å². The van der Waals surface area contributed by atoms with Crippen LogP contribution in [0, 0.1) is 6.92 Å². The Balaban J connectivity index is 1.86. The molecule has 88 valence electrons. The van der Waals surface area contributed by atoms with Gasteiger partial charge >= 0.3 is 0 Å². The van der Waals surface area contributed by atoms with Crippen LogP contribution in [0.25, 0.3) is 0 Å². The van der Waals surface area contributed by atoms with Crippen molar-refractivity contribution in [2.75, 3.05) is 12.3 Å². The van der Waals surface area contributed by atoms with E-state index < -0.39 is 0 Å². The molecule has 5 heteroatoms. The first kappa shape index (κ1) is 12.1. The summed E-state index contributed by atoms with van der Waals surface area (Å²) < 4.78 is 0. The van der Waals surface area contributed by atoms with Gasteiger partial charge < -0.3 is 5.32 Å². The zero-order chi connectivity index (χ0) is 11.4. The van der Waals surface area contributed by atoms with Gasteiger partial charge in [0.2, 0.25) is 0 Å². The van der Waals surface area contributed by atoms with Crippen LogP contribution in [0.4, 0.5) is 0 Å². The molecule has 1 aliphatic heterocycles. The number of thioether (sulfide) groups is 1. The summed E-state index contributed by atoms with van der Waals surface area (Å²) in [5.74, 6) is 1.03. The van der Waals surface area contributed by atoms with E-state index in [0.717, 1.165) is 23.0 Å². The van der Waals surface area contributed by atoms with Gasteiger partial charge in [0.25, 0.3) is 0 Å². The van der Waals surface area contributed by atoms with Gasteiger partial charge in [0.15, 0.2) is 5.16 Å². The molecule has 0 unspecified atom stereocenters. The van der Waals surface area contributed by atoms with Gasteiger partial charge in [0.1, 0.15) is 5.15 Å². The molecule has 0 amide bonds. The molecule has 1 aromatic heterocycles. The number of rotatable bonds is 3. The van der Waals surface area contributed by atoms with E-state index in [1.807, 2.05) is 6.92 Å². The second-order valence-electron chi connectivity index (χ2n) is 4.08. The highest BCUT2D eigenvalue weighted by Crippen LogP contribution is 2.20. The van der Waals surface area contributed by atoms with E-state index in [9.17, 15) is 0 Å². The Morgan fingerprint density at radius 2 is 2.44 bits per heavy atom. The molecule has 1 fully saturated rings. The summed E-state index contributed by atoms with van der Waals surface area (Å²) in [6.07, 6.45) is 5.67. The highest BCUT2D eigenvalue weighted by atomic mass is 35.5. The molecule has 16 heavy (non-hydrogen) atoms. The number of nitrogens with one attached hydrogen (secondary N) is 1. The normalized spacial score (nSPS) is 21.0. The summed E-state index contributed by atoms with van der Waals surface area (Å²) in [6, 6.07) is 0.599. The van der Waals surface area contributed by atoms with E-state index in [4.69, 9.17) is 11.6 Å². The third kappa shape index (κ3) is 3.34. The molecule has 1 aliphatic rings. The minimum Gasteiger partial charge on any atom is -0.313 e. The van der Waals surface area contributed by atoms with E-state index in [1.54, 1.807) is 18.0 Å². The van der Waals surface area contributed by atoms with Crippen molar-refractivity contribution in [3.8, 4) is 0 Å². The molecule has 1 N–H and O–H groups in total. The summed E-state index contributed by atoms with van der Waals surface area (Å²) in [6.45, 7) is 3.06. The molecule has 0 saturated carbocycles. The van der Waals surface area contributed by atoms with Crippen molar-refractivity contribution in [3.63, 3.8) is 0 Å². The van der Waals surface area contributed by atoms with Crippen LogP contribution in [-0.2, 0) is 0 Å². The number of aromatic nitrogens is 2. The quantitative estimate of drug-likeness (QED) is 0.513. The van der Waals surface area contributed by atoms with Gasteiger partial charge in [-0.1, -0.05) is 29.8 Å². The predicted molar refractivity (Wildman–Crippen MR) is 68.1 cm³/mol. The smallest absolute Gasteiger partial charge is 0.189 e. The highest BCUT2D eigenvalue weighted by Gasteiger charge is 2.13. The zero-order valence-electron chi connectivity index (χ0n) is 9.37. The van der Waals surface area contributed by atoms with Crippen LogP contribution in [0.1, 0.15) is 24.8 Å². The molecular formula is C11H16ClN3S. The van der Waals surface area contributed by atoms with Gasteiger partial charge in [0.05, 0.1) is 0 Å². The third-order valence-corrected chi connectivity index (χ3v) is 4.12. The highest BCUT2D eigenvalue weighted by molar-refractivity contribution is 7.99. The molecule has 1 atom stereocenters. The lowest BCUT2D eigenvalue weighted by Gasteiger charge is -2.22. The van der Waals surface area contributed by atoms with Crippen molar-refractivity contribution in [1.29, 1.82) is 0 Å². The van der Waals surface area contributed by atoms with E-state index in [0.29, 0.717) is 11.2 Å². The van der Waals surface area contributed by atoms with Crippen molar-refractivity contribution in [1.82, 2.24) is 15.3 Å². The van der Waals surface area contributed by atoms with Crippen molar-refractivity contribution in [2.45, 2.75) is 37.4 Å². The number of aryl methyl sites for hydroxylation is 1. The molecule has 2 rings (SSSR count). The standard InChI is InChI=1S/C11H16ClN3S/c1-8-6-14-11(15-10(8)12)16-7-9-4-2-3-5-13-9/h6,9,13H,2-5,7H2,1H3/t9-/m1/s1. The Kier molecular flexibility index (Phi) is 4.44. The number of nitrogens with zero attached hydrogens (tertiary/aromatic N) is 2. The number of halogens is 1. The number of piperidine rings is 1. The van der Waals surface area contributed by atoms with E-state index in [2.05, 4.69) is 15.3 Å². The third-order valence-electron chi connectivity index (χ3n) is 2.71. The largest absolute Gasteiger partial charge is 0.313 e. The molecule has 1 aromatic rings. The minimum absolute atomic E-state index is 0.564. The van der Waals surface area contributed by atoms with Crippen LogP contribution in [0.2, 0.25) is 5.15 Å². The maximum absolute atomic E-state index is 5.96. The average Bonchev–Trinajstić information content (AvgIpc) is 2.32. The fraction of sp³-hybridized carbons (Fsp3) is 0.636. The Bertz CT molecular complexity index is 353. The average molecular weight is 258 g/mol. The molecular weight excluding hydrogens is 242 g/mol. The summed E-state index contributed by atoms with van der Waals surface area (Å²) >= 11 is 7.64. The lowest BCUT2D eigenvalue weighted by molar-refractivity contribution is 0.429. The first-order chi connectivity index (χ1) is 7.75. The second kappa shape index (κ2) is 5.84. The van der Waals surface area contributed by atoms with Crippen LogP contribution < -0.4 is 5.32 Å². The molecule has 0 radical (unpaired) electrons. The Hall–Kier alpha value is -0.320. The van der Waals surface area contributed by atoms with Crippen molar-refractivity contribution in [2.24, 2.45) is 0 Å². The lowest BCUT2D eigenvalue weighted by Crippen LogP contribution is -2.35. The van der Waals surface area contributed by atoms with Gasteiger partial charge in [0, 0.05) is 23.6 Å². The molecule has 0 aliphatic carbocycles. The summed E-state index contributed by atoms with van der Waals surface area (Å²) in [5.41, 5.74) is 0.932. The summed E-state index contributed by atoms with van der Waals surface area (Å²) in [4.78, 5) is 8.51. The monoisotopic (exact) mass is 257 g/mol. The first-order valence-corrected chi connectivity index (χ1v) is 6.97. The van der Waals surface area contributed by atoms with Gasteiger partial charge in [-0.2, -0.15) is 0 Å². The Morgan fingerprint density at radius 3 is 3.12 bits per heavy atom. The topological polar surface area (TPSA) is 37.8 Å². The van der Waals surface area contributed by atoms with Gasteiger partial charge in [-0.05, 0) is 26.3 Å². The second-order valence-corrected chi connectivity index (χ2v) is 5.43. The van der Waals surface area contributed by atoms with Gasteiger partial charge in [-0.3, -0.25) is 0 Å². The fourth-order valence-corrected chi connectivity index (χ4v) is 2.81. The minimum atomic E-state index is 0.564. The molecule has 0 aromatic carbocycles. The Labute approximate surface area is 105 Å².